The highest BCUT2D eigenvalue weighted by molar-refractivity contribution is 5.88. The van der Waals surface area contributed by atoms with E-state index < -0.39 is 129 Å². The van der Waals surface area contributed by atoms with Gasteiger partial charge in [-0.05, 0) is 77.0 Å². The third-order valence-electron chi connectivity index (χ3n) is 24.0. The lowest BCUT2D eigenvalue weighted by Crippen LogP contribution is -2.55. The SMILES string of the molecule is CCCCCCCCCCCCCCCCCCOCC(COC(=O)NCCC)OCCCCCCCCCCCCCCCCCC.COCCOCCC(=O)NC(CCCCNC(=O)CCCCOC1OC(CO)C(O)C(O)C1C)C(=O)N(CCNC(=O)CCCCOC1OC(CO)C(O)C(O)C1C)CCNC(=O)CCCCOC1OC(CO)C(O)C(O)C1C. The van der Waals surface area contributed by atoms with E-state index in [9.17, 15) is 74.7 Å². The summed E-state index contributed by atoms with van der Waals surface area (Å²) in [7, 11) is 1.52. The number of nitrogens with zero attached hydrogens (tertiary/aromatic N) is 1. The van der Waals surface area contributed by atoms with Crippen molar-refractivity contribution >= 4 is 35.6 Å². The number of unbranched alkanes of at least 4 members (excludes halogenated alkanes) is 34. The van der Waals surface area contributed by atoms with Gasteiger partial charge < -0.3 is 130 Å². The van der Waals surface area contributed by atoms with Gasteiger partial charge in [0.2, 0.25) is 29.5 Å². The molecule has 0 bridgehead atoms. The summed E-state index contributed by atoms with van der Waals surface area (Å²) < 4.78 is 62.0. The Bertz CT molecular complexity index is 2570. The molecule has 127 heavy (non-hydrogen) atoms. The largest absolute Gasteiger partial charge is 0.447 e. The monoisotopic (exact) mass is 1820 g/mol. The molecule has 3 aliphatic rings. The minimum absolute atomic E-state index is 0.0249. The van der Waals surface area contributed by atoms with E-state index in [4.69, 9.17) is 52.1 Å². The van der Waals surface area contributed by atoms with E-state index in [0.29, 0.717) is 84.3 Å². The van der Waals surface area contributed by atoms with Crippen molar-refractivity contribution in [2.45, 2.75) is 423 Å². The zero-order valence-corrected chi connectivity index (χ0v) is 79.7. The van der Waals surface area contributed by atoms with E-state index in [-0.39, 0.29) is 128 Å². The van der Waals surface area contributed by atoms with Crippen LogP contribution in [-0.2, 0) is 76.1 Å². The van der Waals surface area contributed by atoms with Crippen molar-refractivity contribution in [1.82, 2.24) is 31.5 Å². The molecule has 3 saturated heterocycles. The van der Waals surface area contributed by atoms with Crippen molar-refractivity contribution < 1.29 is 127 Å². The van der Waals surface area contributed by atoms with Gasteiger partial charge in [-0.25, -0.2) is 4.79 Å². The summed E-state index contributed by atoms with van der Waals surface area (Å²) in [5, 5.41) is 104. The van der Waals surface area contributed by atoms with Crippen LogP contribution in [0.4, 0.5) is 4.79 Å². The maximum absolute atomic E-state index is 14.4. The van der Waals surface area contributed by atoms with Crippen LogP contribution in [-0.4, -0.2) is 305 Å². The number of rotatable bonds is 81. The normalized spacial score (nSPS) is 22.8. The molecule has 0 saturated carbocycles. The van der Waals surface area contributed by atoms with Crippen molar-refractivity contribution in [1.29, 1.82) is 0 Å². The summed E-state index contributed by atoms with van der Waals surface area (Å²) in [6, 6.07) is -1.01. The van der Waals surface area contributed by atoms with Gasteiger partial charge in [-0.2, -0.15) is 0 Å². The first-order chi connectivity index (χ1) is 61.6. The molecule has 748 valence electrons. The number of aliphatic hydroxyl groups excluding tert-OH is 9. The van der Waals surface area contributed by atoms with E-state index in [1.54, 1.807) is 20.8 Å². The number of aliphatic hydroxyl groups is 9. The molecule has 0 spiro atoms. The van der Waals surface area contributed by atoms with E-state index in [1.165, 1.54) is 205 Å². The molecule has 3 rings (SSSR count). The maximum Gasteiger partial charge on any atom is 0.407 e. The number of alkyl carbamates (subject to hydrolysis) is 1. The van der Waals surface area contributed by atoms with E-state index >= 15 is 0 Å². The fraction of sp³-hybridized carbons (Fsp3) is 0.937. The van der Waals surface area contributed by atoms with E-state index in [2.05, 4.69) is 40.4 Å². The standard InChI is InChI=1S/C52H95N5O22.C43H87NO4/c1-32-43(65)46(68)36(29-58)77-50(32)74-23-10-6-14-39(61)53-18-9-5-13-35(56-42(64)17-26-73-28-27-72-4)49(71)57(21-19-54-40(62)15-7-11-24-75-51-33(2)44(66)47(69)37(30-59)78-51)22-20-55-41(63)16-8-12-25-76-52-34(3)45(67)48(70)38(31-60)79-52;1-4-7-9-11-13-15-17-19-21-23-25-27-29-31-33-35-38-46-40-42(41-48-43(45)44-37-6-3)47-39-36-34-32-30-28-26-24-22-20-18-16-14-12-10-8-5-2/h32-38,43-48,50-52,58-60,65-70H,5-31H2,1-4H3,(H,53,61)(H,54,62)(H,55,63)(H,56,64);42H,4-41H2,1-3H3,(H,44,45). The Morgan fingerprint density at radius 2 is 0.709 bits per heavy atom. The molecule has 0 aromatic heterocycles. The Hall–Kier alpha value is -4.14. The predicted octanol–water partition coefficient (Wildman–Crippen LogP) is 10.7. The Labute approximate surface area is 763 Å². The molecule has 3 aliphatic heterocycles. The third-order valence-corrected chi connectivity index (χ3v) is 24.0. The average Bonchev–Trinajstić information content (AvgIpc) is 0.830. The molecule has 32 heteroatoms. The average molecular weight is 1820 g/mol. The first kappa shape index (κ1) is 119. The summed E-state index contributed by atoms with van der Waals surface area (Å²) in [6.45, 7) is 14.7. The van der Waals surface area contributed by atoms with Crippen LogP contribution in [0.1, 0.15) is 337 Å². The molecule has 3 fully saturated rings. The fourth-order valence-electron chi connectivity index (χ4n) is 15.6. The molecule has 17 atom stereocenters. The maximum atomic E-state index is 14.4. The van der Waals surface area contributed by atoms with Gasteiger partial charge in [-0.1, -0.05) is 234 Å². The molecule has 14 N–H and O–H groups in total. The van der Waals surface area contributed by atoms with Crippen LogP contribution in [0.25, 0.3) is 0 Å². The second-order valence-corrected chi connectivity index (χ2v) is 35.2. The zero-order valence-electron chi connectivity index (χ0n) is 79.7. The molecular weight excluding hydrogens is 1640 g/mol. The van der Waals surface area contributed by atoms with Crippen LogP contribution in [0.15, 0.2) is 0 Å². The van der Waals surface area contributed by atoms with Gasteiger partial charge in [0.1, 0.15) is 55.4 Å². The lowest BCUT2D eigenvalue weighted by atomic mass is 9.92. The summed E-state index contributed by atoms with van der Waals surface area (Å²) in [5.74, 6) is -3.34. The van der Waals surface area contributed by atoms with Crippen LogP contribution in [0.3, 0.4) is 0 Å². The zero-order chi connectivity index (χ0) is 93.1. The highest BCUT2D eigenvalue weighted by Crippen LogP contribution is 2.30. The molecule has 0 aliphatic carbocycles. The molecule has 0 radical (unpaired) electrons. The van der Waals surface area contributed by atoms with Crippen LogP contribution in [0.2, 0.25) is 0 Å². The number of carbonyl (C=O) groups excluding carboxylic acids is 6. The van der Waals surface area contributed by atoms with Crippen molar-refractivity contribution in [3.63, 3.8) is 0 Å². The number of methoxy groups -OCH3 is 1. The minimum atomic E-state index is -1.25. The highest BCUT2D eigenvalue weighted by atomic mass is 16.7. The van der Waals surface area contributed by atoms with Crippen LogP contribution in [0.5, 0.6) is 0 Å². The fourth-order valence-corrected chi connectivity index (χ4v) is 15.6. The summed E-state index contributed by atoms with van der Waals surface area (Å²) in [6.07, 6.45) is 35.8. The van der Waals surface area contributed by atoms with Gasteiger partial charge in [0, 0.05) is 123 Å². The van der Waals surface area contributed by atoms with E-state index in [0.717, 1.165) is 25.9 Å². The van der Waals surface area contributed by atoms with Gasteiger partial charge in [0.15, 0.2) is 18.9 Å². The molecule has 3 heterocycles. The summed E-state index contributed by atoms with van der Waals surface area (Å²) in [5.41, 5.74) is 0. The number of ether oxygens (including phenoxy) is 11. The molecule has 32 nitrogen and oxygen atoms in total. The quantitative estimate of drug-likeness (QED) is 0.0252. The van der Waals surface area contributed by atoms with Crippen LogP contribution < -0.4 is 26.6 Å². The number of nitrogens with one attached hydrogen (secondary N) is 5. The lowest BCUT2D eigenvalue weighted by molar-refractivity contribution is -0.282. The van der Waals surface area contributed by atoms with Gasteiger partial charge in [-0.15, -0.1) is 0 Å². The first-order valence-corrected chi connectivity index (χ1v) is 49.9. The molecular formula is C95H182N6O26. The van der Waals surface area contributed by atoms with E-state index in [1.807, 2.05) is 6.92 Å². The van der Waals surface area contributed by atoms with Crippen LogP contribution in [0, 0.1) is 17.8 Å². The van der Waals surface area contributed by atoms with Gasteiger partial charge in [0.25, 0.3) is 0 Å². The Balaban J connectivity index is 0.000000974. The Morgan fingerprint density at radius 3 is 1.08 bits per heavy atom. The number of amides is 6. The summed E-state index contributed by atoms with van der Waals surface area (Å²) >= 11 is 0. The number of hydrogen-bond donors (Lipinski definition) is 14. The van der Waals surface area contributed by atoms with Crippen molar-refractivity contribution in [3.05, 3.63) is 0 Å². The highest BCUT2D eigenvalue weighted by Gasteiger charge is 2.45. The Morgan fingerprint density at radius 1 is 0.346 bits per heavy atom. The van der Waals surface area contributed by atoms with Gasteiger partial charge >= 0.3 is 6.09 Å². The molecule has 0 aromatic rings. The predicted molar refractivity (Wildman–Crippen MR) is 488 cm³/mol. The third kappa shape index (κ3) is 58.6. The second-order valence-electron chi connectivity index (χ2n) is 35.2. The lowest BCUT2D eigenvalue weighted by Gasteiger charge is -2.40. The minimum Gasteiger partial charge on any atom is -0.447 e. The van der Waals surface area contributed by atoms with Crippen LogP contribution >= 0.6 is 0 Å². The van der Waals surface area contributed by atoms with Gasteiger partial charge in [0.05, 0.1) is 64.6 Å². The van der Waals surface area contributed by atoms with Gasteiger partial charge in [-0.3, -0.25) is 24.0 Å². The number of hydrogen-bond acceptors (Lipinski definition) is 26. The smallest absolute Gasteiger partial charge is 0.407 e. The van der Waals surface area contributed by atoms with Crippen molar-refractivity contribution in [2.75, 3.05) is 132 Å². The molecule has 17 unspecified atom stereocenters. The first-order valence-electron chi connectivity index (χ1n) is 49.9. The summed E-state index contributed by atoms with van der Waals surface area (Å²) in [4.78, 5) is 79.6. The molecule has 0 aromatic carbocycles. The molecule has 6 amide bonds. The number of carbonyl (C=O) groups is 6. The van der Waals surface area contributed by atoms with Crippen molar-refractivity contribution in [2.24, 2.45) is 17.8 Å². The van der Waals surface area contributed by atoms with Crippen molar-refractivity contribution in [3.8, 4) is 0 Å². The Kier molecular flexibility index (Phi) is 75.2. The second kappa shape index (κ2) is 80.3. The topological polar surface area (TPSA) is 449 Å².